The van der Waals surface area contributed by atoms with E-state index in [1.54, 1.807) is 31.0 Å². The third kappa shape index (κ3) is 3.32. The molecule has 0 aliphatic carbocycles. The Morgan fingerprint density at radius 2 is 1.93 bits per heavy atom. The Hall–Kier alpha value is -3.66. The minimum Gasteiger partial charge on any atom is -0.495 e. The summed E-state index contributed by atoms with van der Waals surface area (Å²) in [6.07, 6.45) is 1.66. The summed E-state index contributed by atoms with van der Waals surface area (Å²) >= 11 is 0. The van der Waals surface area contributed by atoms with E-state index in [0.717, 1.165) is 11.4 Å². The van der Waals surface area contributed by atoms with Crippen LogP contribution in [0.1, 0.15) is 11.5 Å². The number of nitrogens with one attached hydrogen (secondary N) is 1. The standard InChI is InChI=1S/C18H18N8O2/c1-11-16(23-24-18-22-15(10-27-2)25-26(11)18)13-8-9-19-17(21-13)20-12-6-4-5-7-14(12)28-3/h4-9H,10H2,1-3H3,(H,19,20,21). The van der Waals surface area contributed by atoms with Crippen molar-refractivity contribution in [3.05, 3.63) is 48.0 Å². The second-order valence-electron chi connectivity index (χ2n) is 5.90. The maximum atomic E-state index is 5.35. The summed E-state index contributed by atoms with van der Waals surface area (Å²) in [5.74, 6) is 2.07. The monoisotopic (exact) mass is 378 g/mol. The summed E-state index contributed by atoms with van der Waals surface area (Å²) in [4.78, 5) is 13.1. The van der Waals surface area contributed by atoms with Crippen LogP contribution in [0.4, 0.5) is 11.6 Å². The second-order valence-corrected chi connectivity index (χ2v) is 5.90. The summed E-state index contributed by atoms with van der Waals surface area (Å²) in [6.45, 7) is 2.19. The first-order valence-electron chi connectivity index (χ1n) is 8.51. The van der Waals surface area contributed by atoms with Gasteiger partial charge in [-0.3, -0.25) is 0 Å². The normalized spacial score (nSPS) is 11.0. The summed E-state index contributed by atoms with van der Waals surface area (Å²) in [6, 6.07) is 9.31. The van der Waals surface area contributed by atoms with Crippen molar-refractivity contribution in [1.29, 1.82) is 0 Å². The van der Waals surface area contributed by atoms with Gasteiger partial charge in [0.25, 0.3) is 5.78 Å². The van der Waals surface area contributed by atoms with Crippen molar-refractivity contribution in [3.8, 4) is 17.1 Å². The van der Waals surface area contributed by atoms with E-state index in [1.165, 1.54) is 0 Å². The average molecular weight is 378 g/mol. The lowest BCUT2D eigenvalue weighted by atomic mass is 10.2. The second kappa shape index (κ2) is 7.53. The maximum absolute atomic E-state index is 5.35. The molecule has 0 spiro atoms. The number of anilines is 2. The van der Waals surface area contributed by atoms with E-state index in [9.17, 15) is 0 Å². The first-order chi connectivity index (χ1) is 13.7. The molecule has 3 heterocycles. The molecule has 0 amide bonds. The van der Waals surface area contributed by atoms with Crippen molar-refractivity contribution in [3.63, 3.8) is 0 Å². The zero-order valence-electron chi connectivity index (χ0n) is 15.6. The zero-order valence-corrected chi connectivity index (χ0v) is 15.6. The predicted molar refractivity (Wildman–Crippen MR) is 101 cm³/mol. The van der Waals surface area contributed by atoms with E-state index in [0.29, 0.717) is 41.3 Å². The van der Waals surface area contributed by atoms with E-state index in [2.05, 4.69) is 35.6 Å². The highest BCUT2D eigenvalue weighted by Crippen LogP contribution is 2.26. The van der Waals surface area contributed by atoms with Gasteiger partial charge in [-0.1, -0.05) is 12.1 Å². The number of hydrogen-bond donors (Lipinski definition) is 1. The summed E-state index contributed by atoms with van der Waals surface area (Å²) in [5, 5.41) is 16.0. The summed E-state index contributed by atoms with van der Waals surface area (Å²) < 4.78 is 12.1. The van der Waals surface area contributed by atoms with Crippen LogP contribution in [0.15, 0.2) is 36.5 Å². The van der Waals surface area contributed by atoms with Crippen LogP contribution < -0.4 is 10.1 Å². The number of nitrogens with zero attached hydrogens (tertiary/aromatic N) is 7. The average Bonchev–Trinajstić information content (AvgIpc) is 3.13. The smallest absolute Gasteiger partial charge is 0.272 e. The molecule has 0 saturated heterocycles. The Kier molecular flexibility index (Phi) is 4.77. The molecule has 0 fully saturated rings. The lowest BCUT2D eigenvalue weighted by Crippen LogP contribution is -2.05. The molecule has 142 valence electrons. The van der Waals surface area contributed by atoms with E-state index < -0.39 is 0 Å². The van der Waals surface area contributed by atoms with E-state index in [1.807, 2.05) is 31.2 Å². The number of aryl methyl sites for hydroxylation is 1. The molecule has 0 unspecified atom stereocenters. The Morgan fingerprint density at radius 1 is 1.07 bits per heavy atom. The first-order valence-corrected chi connectivity index (χ1v) is 8.51. The molecule has 0 saturated carbocycles. The topological polar surface area (TPSA) is 112 Å². The summed E-state index contributed by atoms with van der Waals surface area (Å²) in [7, 11) is 3.20. The lowest BCUT2D eigenvalue weighted by Gasteiger charge is -2.10. The van der Waals surface area contributed by atoms with Gasteiger partial charge in [0.15, 0.2) is 5.82 Å². The lowest BCUT2D eigenvalue weighted by molar-refractivity contribution is 0.178. The van der Waals surface area contributed by atoms with Crippen LogP contribution in [0.25, 0.3) is 17.2 Å². The van der Waals surface area contributed by atoms with E-state index in [4.69, 9.17) is 9.47 Å². The number of benzene rings is 1. The number of methoxy groups -OCH3 is 2. The highest BCUT2D eigenvalue weighted by molar-refractivity contribution is 5.64. The van der Waals surface area contributed by atoms with Crippen LogP contribution in [0.5, 0.6) is 5.75 Å². The molecule has 28 heavy (non-hydrogen) atoms. The third-order valence-corrected chi connectivity index (χ3v) is 4.06. The van der Waals surface area contributed by atoms with Gasteiger partial charge in [0, 0.05) is 13.3 Å². The Balaban J connectivity index is 1.70. The highest BCUT2D eigenvalue weighted by Gasteiger charge is 2.15. The van der Waals surface area contributed by atoms with Crippen LogP contribution in [0.3, 0.4) is 0 Å². The van der Waals surface area contributed by atoms with Gasteiger partial charge in [-0.05, 0) is 25.1 Å². The van der Waals surface area contributed by atoms with Crippen molar-refractivity contribution in [2.24, 2.45) is 0 Å². The fourth-order valence-electron chi connectivity index (χ4n) is 2.75. The van der Waals surface area contributed by atoms with Crippen molar-refractivity contribution in [2.45, 2.75) is 13.5 Å². The third-order valence-electron chi connectivity index (χ3n) is 4.06. The maximum Gasteiger partial charge on any atom is 0.272 e. The SMILES string of the molecule is COCc1nc2nnc(-c3ccnc(Nc4ccccc4OC)n3)c(C)n2n1. The van der Waals surface area contributed by atoms with Crippen molar-refractivity contribution < 1.29 is 9.47 Å². The van der Waals surface area contributed by atoms with Crippen LogP contribution in [-0.4, -0.2) is 49.0 Å². The molecule has 4 rings (SSSR count). The minimum atomic E-state index is 0.304. The molecule has 1 aromatic carbocycles. The van der Waals surface area contributed by atoms with Gasteiger partial charge < -0.3 is 14.8 Å². The number of aromatic nitrogens is 7. The molecule has 3 aromatic heterocycles. The minimum absolute atomic E-state index is 0.304. The number of ether oxygens (including phenoxy) is 2. The molecule has 10 nitrogen and oxygen atoms in total. The Bertz CT molecular complexity index is 1130. The van der Waals surface area contributed by atoms with E-state index in [-0.39, 0.29) is 0 Å². The van der Waals surface area contributed by atoms with Gasteiger partial charge in [-0.25, -0.2) is 9.97 Å². The highest BCUT2D eigenvalue weighted by atomic mass is 16.5. The molecule has 4 aromatic rings. The van der Waals surface area contributed by atoms with Gasteiger partial charge in [-0.15, -0.1) is 15.3 Å². The van der Waals surface area contributed by atoms with Crippen molar-refractivity contribution >= 4 is 17.4 Å². The number of fused-ring (bicyclic) bond motifs is 1. The molecule has 1 N–H and O–H groups in total. The molecule has 0 aliphatic heterocycles. The molecule has 10 heteroatoms. The molecule has 0 bridgehead atoms. The summed E-state index contributed by atoms with van der Waals surface area (Å²) in [5.41, 5.74) is 2.73. The Labute approximate surface area is 160 Å². The van der Waals surface area contributed by atoms with Gasteiger partial charge in [0.05, 0.1) is 24.2 Å². The van der Waals surface area contributed by atoms with Gasteiger partial charge in [-0.2, -0.15) is 9.50 Å². The number of rotatable bonds is 6. The Morgan fingerprint density at radius 3 is 2.75 bits per heavy atom. The van der Waals surface area contributed by atoms with Crippen LogP contribution in [0, 0.1) is 6.92 Å². The van der Waals surface area contributed by atoms with Crippen LogP contribution in [0.2, 0.25) is 0 Å². The van der Waals surface area contributed by atoms with Gasteiger partial charge in [0.1, 0.15) is 18.1 Å². The fourth-order valence-corrected chi connectivity index (χ4v) is 2.75. The first kappa shape index (κ1) is 17.7. The molecule has 0 atom stereocenters. The van der Waals surface area contributed by atoms with E-state index >= 15 is 0 Å². The van der Waals surface area contributed by atoms with Gasteiger partial charge >= 0.3 is 0 Å². The largest absolute Gasteiger partial charge is 0.495 e. The van der Waals surface area contributed by atoms with Crippen molar-refractivity contribution in [2.75, 3.05) is 19.5 Å². The molecular weight excluding hydrogens is 360 g/mol. The number of hydrogen-bond acceptors (Lipinski definition) is 9. The molecule has 0 radical (unpaired) electrons. The molecular formula is C18H18N8O2. The quantitative estimate of drug-likeness (QED) is 0.539. The van der Waals surface area contributed by atoms with Gasteiger partial charge in [0.2, 0.25) is 5.95 Å². The number of para-hydroxylation sites is 2. The molecule has 0 aliphatic rings. The fraction of sp³-hybridized carbons (Fsp3) is 0.222. The zero-order chi connectivity index (χ0) is 19.5. The van der Waals surface area contributed by atoms with Crippen LogP contribution in [-0.2, 0) is 11.3 Å². The van der Waals surface area contributed by atoms with Crippen molar-refractivity contribution in [1.82, 2.24) is 34.8 Å². The predicted octanol–water partition coefficient (Wildman–Crippen LogP) is 2.18. The van der Waals surface area contributed by atoms with Crippen LogP contribution >= 0.6 is 0 Å².